The first-order chi connectivity index (χ1) is 20.3. The molecule has 0 aromatic heterocycles. The molecule has 3 aromatic rings. The van der Waals surface area contributed by atoms with Crippen LogP contribution in [0.1, 0.15) is 55.2 Å². The molecule has 1 heterocycles. The van der Waals surface area contributed by atoms with Gasteiger partial charge in [-0.2, -0.15) is 0 Å². The summed E-state index contributed by atoms with van der Waals surface area (Å²) < 4.78 is 33.7. The zero-order valence-corrected chi connectivity index (χ0v) is 26.0. The molecule has 1 saturated heterocycles. The van der Waals surface area contributed by atoms with Crippen LogP contribution in [0.2, 0.25) is 0 Å². The monoisotopic (exact) mass is 591 g/mol. The molecule has 1 atom stereocenters. The van der Waals surface area contributed by atoms with Gasteiger partial charge < -0.3 is 14.5 Å². The largest absolute Gasteiger partial charge is 0.445 e. The number of amides is 1. The van der Waals surface area contributed by atoms with Gasteiger partial charge in [-0.15, -0.1) is 0 Å². The minimum absolute atomic E-state index is 0.0698. The summed E-state index contributed by atoms with van der Waals surface area (Å²) in [5.74, 6) is 0.0698. The molecule has 1 aliphatic heterocycles. The SMILES string of the molecule is CCCN(C(=O)OCc1ccccc1C)C1CCN(CC[C@H](CN(C)S(=O)(=O)c2ccccc2)c2ccccc2)CC1. The first kappa shape index (κ1) is 31.7. The van der Waals surface area contributed by atoms with Crippen LogP contribution in [0.15, 0.2) is 89.8 Å². The van der Waals surface area contributed by atoms with E-state index in [9.17, 15) is 13.2 Å². The highest BCUT2D eigenvalue weighted by Crippen LogP contribution is 2.26. The van der Waals surface area contributed by atoms with Crippen LogP contribution >= 0.6 is 0 Å². The summed E-state index contributed by atoms with van der Waals surface area (Å²) >= 11 is 0. The van der Waals surface area contributed by atoms with Crippen molar-refractivity contribution in [2.45, 2.75) is 63.0 Å². The number of likely N-dealkylation sites (N-methyl/N-ethyl adjacent to an activating group) is 1. The van der Waals surface area contributed by atoms with E-state index in [-0.39, 0.29) is 18.1 Å². The molecule has 4 rings (SSSR count). The summed E-state index contributed by atoms with van der Waals surface area (Å²) in [5, 5.41) is 0. The maximum absolute atomic E-state index is 13.2. The summed E-state index contributed by atoms with van der Waals surface area (Å²) in [5.41, 5.74) is 3.30. The van der Waals surface area contributed by atoms with Crippen LogP contribution in [0.3, 0.4) is 0 Å². The summed E-state index contributed by atoms with van der Waals surface area (Å²) in [7, 11) is -1.90. The van der Waals surface area contributed by atoms with Crippen LogP contribution in [0.25, 0.3) is 0 Å². The number of hydrogen-bond acceptors (Lipinski definition) is 5. The van der Waals surface area contributed by atoms with E-state index in [0.29, 0.717) is 24.6 Å². The van der Waals surface area contributed by atoms with Crippen LogP contribution in [-0.2, 0) is 21.4 Å². The quantitative estimate of drug-likeness (QED) is 0.233. The molecule has 0 unspecified atom stereocenters. The van der Waals surface area contributed by atoms with Crippen molar-refractivity contribution in [2.75, 3.05) is 39.8 Å². The van der Waals surface area contributed by atoms with Gasteiger partial charge in [0.05, 0.1) is 4.90 Å². The molecule has 0 saturated carbocycles. The van der Waals surface area contributed by atoms with Crippen molar-refractivity contribution in [3.8, 4) is 0 Å². The third kappa shape index (κ3) is 8.43. The standard InChI is InChI=1S/C34H45N3O4S/c1-4-22-37(34(38)41-27-31-16-12-11-13-28(31)2)32-20-24-36(25-21-32)23-19-30(29-14-7-5-8-15-29)26-35(3)42(39,40)33-17-9-6-10-18-33/h5-18,30,32H,4,19-27H2,1-3H3/t30-/m1/s1. The number of sulfonamides is 1. The van der Waals surface area contributed by atoms with E-state index < -0.39 is 10.0 Å². The average Bonchev–Trinajstić information content (AvgIpc) is 3.02. The van der Waals surface area contributed by atoms with Gasteiger partial charge in [-0.25, -0.2) is 17.5 Å². The van der Waals surface area contributed by atoms with Crippen molar-refractivity contribution in [3.05, 3.63) is 102 Å². The van der Waals surface area contributed by atoms with Gasteiger partial charge in [0.1, 0.15) is 6.61 Å². The summed E-state index contributed by atoms with van der Waals surface area (Å²) in [6.45, 7) is 8.19. The molecule has 0 aliphatic carbocycles. The van der Waals surface area contributed by atoms with Crippen molar-refractivity contribution >= 4 is 16.1 Å². The number of carbonyl (C=O) groups excluding carboxylic acids is 1. The van der Waals surface area contributed by atoms with Crippen LogP contribution in [0.5, 0.6) is 0 Å². The van der Waals surface area contributed by atoms with Crippen molar-refractivity contribution in [1.82, 2.24) is 14.1 Å². The fourth-order valence-corrected chi connectivity index (χ4v) is 6.96. The fourth-order valence-electron chi connectivity index (χ4n) is 5.72. The number of benzene rings is 3. The smallest absolute Gasteiger partial charge is 0.410 e. The predicted molar refractivity (Wildman–Crippen MR) is 168 cm³/mol. The van der Waals surface area contributed by atoms with E-state index in [1.807, 2.05) is 60.4 Å². The third-order valence-corrected chi connectivity index (χ3v) is 10.1. The molecule has 0 N–H and O–H groups in total. The van der Waals surface area contributed by atoms with Crippen LogP contribution < -0.4 is 0 Å². The maximum Gasteiger partial charge on any atom is 0.410 e. The normalized spacial score (nSPS) is 15.4. The Kier molecular flexibility index (Phi) is 11.6. The Morgan fingerprint density at radius 2 is 1.57 bits per heavy atom. The number of ether oxygens (including phenoxy) is 1. The van der Waals surface area contributed by atoms with Crippen molar-refractivity contribution in [1.29, 1.82) is 0 Å². The minimum atomic E-state index is -3.57. The second kappa shape index (κ2) is 15.3. The summed E-state index contributed by atoms with van der Waals surface area (Å²) in [6, 6.07) is 27.0. The van der Waals surface area contributed by atoms with Crippen LogP contribution in [0.4, 0.5) is 4.79 Å². The summed E-state index contributed by atoms with van der Waals surface area (Å²) in [4.78, 5) is 17.8. The van der Waals surface area contributed by atoms with Crippen LogP contribution in [0, 0.1) is 6.92 Å². The van der Waals surface area contributed by atoms with E-state index >= 15 is 0 Å². The minimum Gasteiger partial charge on any atom is -0.445 e. The highest BCUT2D eigenvalue weighted by molar-refractivity contribution is 7.89. The zero-order valence-electron chi connectivity index (χ0n) is 25.2. The highest BCUT2D eigenvalue weighted by atomic mass is 32.2. The van der Waals surface area contributed by atoms with E-state index in [2.05, 4.69) is 24.0 Å². The lowest BCUT2D eigenvalue weighted by atomic mass is 9.94. The number of piperidine rings is 1. The lowest BCUT2D eigenvalue weighted by Gasteiger charge is -2.38. The number of likely N-dealkylation sites (tertiary alicyclic amines) is 1. The number of aryl methyl sites for hydroxylation is 1. The van der Waals surface area contributed by atoms with E-state index in [4.69, 9.17) is 4.74 Å². The fraction of sp³-hybridized carbons (Fsp3) is 0.441. The predicted octanol–water partition coefficient (Wildman–Crippen LogP) is 6.30. The van der Waals surface area contributed by atoms with E-state index in [0.717, 1.165) is 62.0 Å². The van der Waals surface area contributed by atoms with Gasteiger partial charge >= 0.3 is 6.09 Å². The van der Waals surface area contributed by atoms with Crippen LogP contribution in [-0.4, -0.2) is 74.4 Å². The van der Waals surface area contributed by atoms with E-state index in [1.54, 1.807) is 31.3 Å². The first-order valence-corrected chi connectivity index (χ1v) is 16.5. The Morgan fingerprint density at radius 1 is 0.952 bits per heavy atom. The lowest BCUT2D eigenvalue weighted by Crippen LogP contribution is -2.48. The van der Waals surface area contributed by atoms with Gasteiger partial charge in [0, 0.05) is 39.3 Å². The number of rotatable bonds is 13. The highest BCUT2D eigenvalue weighted by Gasteiger charge is 2.30. The summed E-state index contributed by atoms with van der Waals surface area (Å²) in [6.07, 6.45) is 3.30. The maximum atomic E-state index is 13.2. The van der Waals surface area contributed by atoms with Gasteiger partial charge in [-0.1, -0.05) is 79.7 Å². The zero-order chi connectivity index (χ0) is 30.0. The van der Waals surface area contributed by atoms with Crippen molar-refractivity contribution in [3.63, 3.8) is 0 Å². The molecule has 42 heavy (non-hydrogen) atoms. The Morgan fingerprint density at radius 3 is 2.21 bits per heavy atom. The van der Waals surface area contributed by atoms with Crippen molar-refractivity contribution in [2.24, 2.45) is 0 Å². The number of hydrogen-bond donors (Lipinski definition) is 0. The Hall–Kier alpha value is -3.20. The molecule has 3 aromatic carbocycles. The molecule has 0 bridgehead atoms. The average molecular weight is 592 g/mol. The Balaban J connectivity index is 1.33. The molecule has 7 nitrogen and oxygen atoms in total. The van der Waals surface area contributed by atoms with E-state index in [1.165, 1.54) is 4.31 Å². The molecule has 0 spiro atoms. The van der Waals surface area contributed by atoms with Gasteiger partial charge in [0.2, 0.25) is 10.0 Å². The third-order valence-electron chi connectivity index (χ3n) is 8.30. The van der Waals surface area contributed by atoms with Crippen molar-refractivity contribution < 1.29 is 17.9 Å². The Labute approximate surface area is 252 Å². The lowest BCUT2D eigenvalue weighted by molar-refractivity contribution is 0.0601. The first-order valence-electron chi connectivity index (χ1n) is 15.1. The molecule has 1 amide bonds. The van der Waals surface area contributed by atoms with Gasteiger partial charge in [0.15, 0.2) is 0 Å². The topological polar surface area (TPSA) is 70.2 Å². The second-order valence-electron chi connectivity index (χ2n) is 11.2. The van der Waals surface area contributed by atoms with Gasteiger partial charge in [-0.3, -0.25) is 0 Å². The van der Waals surface area contributed by atoms with Gasteiger partial charge in [0.25, 0.3) is 0 Å². The number of carbonyl (C=O) groups is 1. The molecule has 8 heteroatoms. The molecule has 1 fully saturated rings. The molecule has 0 radical (unpaired) electrons. The molecule has 226 valence electrons. The molecule has 1 aliphatic rings. The molecular formula is C34H45N3O4S. The Bertz CT molecular complexity index is 1360. The second-order valence-corrected chi connectivity index (χ2v) is 13.3. The molecular weight excluding hydrogens is 546 g/mol. The van der Waals surface area contributed by atoms with Gasteiger partial charge in [-0.05, 0) is 73.9 Å². The number of nitrogens with zero attached hydrogens (tertiary/aromatic N) is 3.